The van der Waals surface area contributed by atoms with E-state index in [1.165, 1.54) is 26.0 Å². The molecule has 1 aliphatic heterocycles. The lowest BCUT2D eigenvalue weighted by molar-refractivity contribution is -0.346. The Balaban J connectivity index is 1.53. The Morgan fingerprint density at radius 3 is 2.02 bits per heavy atom. The van der Waals surface area contributed by atoms with Gasteiger partial charge in [0.15, 0.2) is 17.5 Å². The number of rotatable bonds is 9. The lowest BCUT2D eigenvalue weighted by atomic mass is 9.44. The number of benzene rings is 2. The summed E-state index contributed by atoms with van der Waals surface area (Å²) in [6, 6.07) is 15.4. The number of hydrogen-bond acceptors (Lipinski definition) is 14. The number of carbonyl (C=O) groups excluding carboxylic acids is 5. The summed E-state index contributed by atoms with van der Waals surface area (Å²) >= 11 is 0. The molecule has 1 saturated heterocycles. The minimum atomic E-state index is -2.33. The molecule has 0 unspecified atom stereocenters. The molecule has 2 aromatic carbocycles. The Hall–Kier alpha value is -4.67. The van der Waals surface area contributed by atoms with E-state index in [2.05, 4.69) is 5.32 Å². The molecule has 1 heterocycles. The molecule has 62 heavy (non-hydrogen) atoms. The van der Waals surface area contributed by atoms with Crippen LogP contribution in [0.5, 0.6) is 0 Å². The molecule has 0 radical (unpaired) electrons. The maximum absolute atomic E-state index is 15.1. The van der Waals surface area contributed by atoms with Gasteiger partial charge >= 0.3 is 24.0 Å². The van der Waals surface area contributed by atoms with Gasteiger partial charge in [-0.1, -0.05) is 62.4 Å². The third-order valence-corrected chi connectivity index (χ3v) is 13.0. The van der Waals surface area contributed by atoms with Crippen molar-refractivity contribution in [2.75, 3.05) is 6.61 Å². The van der Waals surface area contributed by atoms with Crippen LogP contribution in [0.4, 0.5) is 4.79 Å². The number of nitrogens with one attached hydrogen (secondary N) is 1. The number of fused-ring (bicyclic) bond motifs is 5. The molecule has 2 saturated carbocycles. The molecule has 0 spiro atoms. The summed E-state index contributed by atoms with van der Waals surface area (Å²) in [5.41, 5.74) is -8.77. The predicted molar refractivity (Wildman–Crippen MR) is 222 cm³/mol. The average molecular weight is 864 g/mol. The maximum atomic E-state index is 15.1. The summed E-state index contributed by atoms with van der Waals surface area (Å²) in [5, 5.41) is 40.7. The van der Waals surface area contributed by atoms with Crippen LogP contribution in [0.3, 0.4) is 0 Å². The highest BCUT2D eigenvalue weighted by Gasteiger charge is 2.78. The van der Waals surface area contributed by atoms with Crippen LogP contribution in [-0.4, -0.2) is 111 Å². The second-order valence-electron chi connectivity index (χ2n) is 19.8. The minimum absolute atomic E-state index is 0.0185. The van der Waals surface area contributed by atoms with Gasteiger partial charge in [-0.3, -0.25) is 9.59 Å². The zero-order chi connectivity index (χ0) is 46.0. The molecule has 3 aliphatic carbocycles. The van der Waals surface area contributed by atoms with Crippen LogP contribution in [0.15, 0.2) is 71.8 Å². The van der Waals surface area contributed by atoms with E-state index in [1.807, 2.05) is 0 Å². The van der Waals surface area contributed by atoms with Gasteiger partial charge in [0.2, 0.25) is 0 Å². The first-order valence-electron chi connectivity index (χ1n) is 21.0. The van der Waals surface area contributed by atoms with Gasteiger partial charge in [0.25, 0.3) is 0 Å². The zero-order valence-corrected chi connectivity index (χ0v) is 37.3. The van der Waals surface area contributed by atoms with Gasteiger partial charge in [-0.2, -0.15) is 0 Å². The molecule has 4 N–H and O–H groups in total. The number of carbonyl (C=O) groups is 5. The molecule has 11 atom stereocenters. The molecule has 2 aromatic rings. The van der Waals surface area contributed by atoms with Gasteiger partial charge in [-0.25, -0.2) is 14.4 Å². The molecule has 338 valence electrons. The summed E-state index contributed by atoms with van der Waals surface area (Å²) in [4.78, 5) is 70.6. The Bertz CT molecular complexity index is 2090. The van der Waals surface area contributed by atoms with Crippen LogP contribution >= 0.6 is 0 Å². The summed E-state index contributed by atoms with van der Waals surface area (Å²) in [6.07, 6.45) is -10.7. The molecule has 3 fully saturated rings. The number of ether oxygens (including phenoxy) is 6. The highest BCUT2D eigenvalue weighted by molar-refractivity contribution is 5.94. The normalized spacial score (nSPS) is 32.6. The van der Waals surface area contributed by atoms with Gasteiger partial charge in [-0.05, 0) is 84.2 Å². The summed E-state index contributed by atoms with van der Waals surface area (Å²) in [5.74, 6) is -5.02. The second-order valence-corrected chi connectivity index (χ2v) is 19.8. The third-order valence-electron chi connectivity index (χ3n) is 13.0. The average Bonchev–Trinajstić information content (AvgIpc) is 3.17. The van der Waals surface area contributed by atoms with Crippen LogP contribution in [0, 0.1) is 16.7 Å². The Kier molecular flexibility index (Phi) is 12.4. The van der Waals surface area contributed by atoms with Gasteiger partial charge in [-0.15, -0.1) is 0 Å². The maximum Gasteiger partial charge on any atom is 0.408 e. The van der Waals surface area contributed by atoms with E-state index in [9.17, 15) is 34.5 Å². The summed E-state index contributed by atoms with van der Waals surface area (Å²) in [7, 11) is 0. The van der Waals surface area contributed by atoms with Crippen LogP contribution in [-0.2, 0) is 42.8 Å². The standard InChI is InChI=1S/C47H61NO14/c1-25-29(58-40(54)35(61-42(3,4)5)33(27-18-14-12-15-19-27)48-41(55)62-43(6,7)8)23-47(56)38(59-39(53)28-20-16-13-17-21-28)36-45(11,37(52)34(51)32(25)44(47,9)10)30(50)22-31-46(36,24-57-31)60-26(2)49/h12-21,29-31,33-36,38,50-51,56H,22-24H2,1-11H3,(H,48,55)/t29-,30-,31+,33-,34+,35+,36-,38-,45+,46-,47+/m0/s1. The quantitative estimate of drug-likeness (QED) is 0.147. The molecule has 15 heteroatoms. The number of ketones is 1. The van der Waals surface area contributed by atoms with Crippen molar-refractivity contribution in [2.45, 2.75) is 154 Å². The molecule has 4 aliphatic rings. The number of aliphatic hydroxyl groups is 3. The number of hydrogen-bond donors (Lipinski definition) is 4. The molecule has 0 aromatic heterocycles. The van der Waals surface area contributed by atoms with E-state index in [0.29, 0.717) is 5.56 Å². The van der Waals surface area contributed by atoms with Crippen molar-refractivity contribution < 1.29 is 67.7 Å². The van der Waals surface area contributed by atoms with Crippen molar-refractivity contribution >= 4 is 29.8 Å². The van der Waals surface area contributed by atoms with E-state index >= 15 is 4.79 Å². The Morgan fingerprint density at radius 1 is 0.887 bits per heavy atom. The van der Waals surface area contributed by atoms with E-state index in [4.69, 9.17) is 28.4 Å². The van der Waals surface area contributed by atoms with Crippen molar-refractivity contribution in [3.63, 3.8) is 0 Å². The topological polar surface area (TPSA) is 213 Å². The highest BCUT2D eigenvalue weighted by atomic mass is 16.6. The number of Topliss-reactive ketones (excluding diaryl/α,β-unsaturated/α-hetero) is 1. The van der Waals surface area contributed by atoms with Crippen molar-refractivity contribution in [1.82, 2.24) is 5.32 Å². The van der Waals surface area contributed by atoms with Crippen molar-refractivity contribution in [1.29, 1.82) is 0 Å². The number of amides is 1. The van der Waals surface area contributed by atoms with Crippen LogP contribution in [0.1, 0.15) is 111 Å². The van der Waals surface area contributed by atoms with Gasteiger partial charge in [0.1, 0.15) is 35.6 Å². The zero-order valence-electron chi connectivity index (χ0n) is 37.3. The van der Waals surface area contributed by atoms with Gasteiger partial charge < -0.3 is 49.1 Å². The molecule has 1 amide bonds. The Labute approximate surface area is 362 Å². The third kappa shape index (κ3) is 8.29. The molecule has 6 rings (SSSR count). The fourth-order valence-electron chi connectivity index (χ4n) is 10.0. The fraction of sp³-hybridized carbons (Fsp3) is 0.596. The first kappa shape index (κ1) is 46.8. The van der Waals surface area contributed by atoms with E-state index < -0.39 is 118 Å². The highest BCUT2D eigenvalue weighted by Crippen LogP contribution is 2.64. The van der Waals surface area contributed by atoms with Gasteiger partial charge in [0, 0.05) is 25.2 Å². The molecule has 15 nitrogen and oxygen atoms in total. The van der Waals surface area contributed by atoms with Crippen molar-refractivity contribution in [3.8, 4) is 0 Å². The van der Waals surface area contributed by atoms with E-state index in [0.717, 1.165) is 0 Å². The van der Waals surface area contributed by atoms with Crippen molar-refractivity contribution in [2.24, 2.45) is 16.7 Å². The molecular weight excluding hydrogens is 803 g/mol. The largest absolute Gasteiger partial charge is 0.456 e. The van der Waals surface area contributed by atoms with Gasteiger partial charge in [0.05, 0.1) is 41.3 Å². The number of esters is 3. The fourth-order valence-corrected chi connectivity index (χ4v) is 10.0. The number of alkyl carbamates (subject to hydrolysis) is 1. The molecule has 2 bridgehead atoms. The lowest BCUT2D eigenvalue weighted by Gasteiger charge is -2.67. The van der Waals surface area contributed by atoms with Crippen LogP contribution < -0.4 is 5.32 Å². The first-order valence-corrected chi connectivity index (χ1v) is 21.0. The second kappa shape index (κ2) is 16.5. The predicted octanol–water partition coefficient (Wildman–Crippen LogP) is 5.08. The van der Waals surface area contributed by atoms with Crippen LogP contribution in [0.2, 0.25) is 0 Å². The van der Waals surface area contributed by atoms with Crippen molar-refractivity contribution in [3.05, 3.63) is 82.9 Å². The van der Waals surface area contributed by atoms with Crippen LogP contribution in [0.25, 0.3) is 0 Å². The first-order chi connectivity index (χ1) is 28.7. The SMILES string of the molecule is CC(=O)O[C@@]12CO[C@@H]1C[C@H](O)[C@@]1(C)C(=O)[C@H](O)C3=C(C)[C@@H](OC(=O)[C@H](OC(C)(C)C)[C@@H](NC(=O)OC(C)(C)C)c4ccccc4)C[C@@](O)([C@@H](OC(=O)c4ccccc4)[C@H]21)C3(C)C. The summed E-state index contributed by atoms with van der Waals surface area (Å²) < 4.78 is 36.7. The van der Waals surface area contributed by atoms with E-state index in [-0.39, 0.29) is 29.7 Å². The summed E-state index contributed by atoms with van der Waals surface area (Å²) in [6.45, 7) is 17.3. The molecular formula is C47H61NO14. The smallest absolute Gasteiger partial charge is 0.408 e. The Morgan fingerprint density at radius 2 is 1.48 bits per heavy atom. The number of aliphatic hydroxyl groups excluding tert-OH is 2. The lowest BCUT2D eigenvalue weighted by Crippen LogP contribution is -2.81. The monoisotopic (exact) mass is 863 g/mol. The van der Waals surface area contributed by atoms with E-state index in [1.54, 1.807) is 111 Å². The minimum Gasteiger partial charge on any atom is -0.456 e.